The Morgan fingerprint density at radius 1 is 0.364 bits per heavy atom. The Balaban J connectivity index is 1.50. The van der Waals surface area contributed by atoms with E-state index in [2.05, 4.69) is 121 Å². The van der Waals surface area contributed by atoms with E-state index in [4.69, 9.17) is 4.42 Å². The zero-order valence-electron chi connectivity index (χ0n) is 18.0. The fraction of sp³-hybridized carbons (Fsp3) is 0. The van der Waals surface area contributed by atoms with E-state index < -0.39 is 0 Å². The van der Waals surface area contributed by atoms with Crippen molar-refractivity contribution in [2.45, 2.75) is 0 Å². The number of hydrogen-bond donors (Lipinski definition) is 0. The molecule has 0 aliphatic rings. The Morgan fingerprint density at radius 3 is 1.27 bits per heavy atom. The van der Waals surface area contributed by atoms with Crippen LogP contribution in [0.25, 0.3) is 65.7 Å². The van der Waals surface area contributed by atoms with Gasteiger partial charge in [0.15, 0.2) is 0 Å². The summed E-state index contributed by atoms with van der Waals surface area (Å²) in [5.41, 5.74) is 6.79. The Bertz CT molecular complexity index is 1660. The molecule has 0 saturated carbocycles. The molecule has 0 unspecified atom stereocenters. The molecule has 1 heteroatoms. The largest absolute Gasteiger partial charge is 0.456 e. The summed E-state index contributed by atoms with van der Waals surface area (Å²) in [5, 5.41) is 7.30. The van der Waals surface area contributed by atoms with Gasteiger partial charge in [0.25, 0.3) is 0 Å². The van der Waals surface area contributed by atoms with Crippen LogP contribution < -0.4 is 0 Å². The first-order valence-corrected chi connectivity index (χ1v) is 11.3. The SMILES string of the molecule is c1ccc(-c2ccc3c(ccc4oc5ccc6cc(-c7ccccc7)ccc6c5c43)c2)cc1. The van der Waals surface area contributed by atoms with Crippen LogP contribution in [0, 0.1) is 0 Å². The molecule has 1 nitrogen and oxygen atoms in total. The zero-order chi connectivity index (χ0) is 21.8. The van der Waals surface area contributed by atoms with Gasteiger partial charge in [-0.15, -0.1) is 0 Å². The highest BCUT2D eigenvalue weighted by Gasteiger charge is 2.14. The van der Waals surface area contributed by atoms with Gasteiger partial charge in [-0.05, 0) is 68.1 Å². The van der Waals surface area contributed by atoms with Gasteiger partial charge in [0.1, 0.15) is 11.2 Å². The Hall–Kier alpha value is -4.36. The van der Waals surface area contributed by atoms with Crippen LogP contribution in [0.2, 0.25) is 0 Å². The molecule has 0 fully saturated rings. The third-order valence-electron chi connectivity index (χ3n) is 6.65. The first-order valence-electron chi connectivity index (χ1n) is 11.3. The van der Waals surface area contributed by atoms with E-state index >= 15 is 0 Å². The van der Waals surface area contributed by atoms with Gasteiger partial charge in [0.05, 0.1) is 0 Å². The molecule has 1 aromatic heterocycles. The average Bonchev–Trinajstić information content (AvgIpc) is 3.29. The Morgan fingerprint density at radius 2 is 0.818 bits per heavy atom. The third-order valence-corrected chi connectivity index (χ3v) is 6.65. The number of benzene rings is 6. The van der Waals surface area contributed by atoms with Crippen LogP contribution in [0.4, 0.5) is 0 Å². The summed E-state index contributed by atoms with van der Waals surface area (Å²) in [6.07, 6.45) is 0. The third kappa shape index (κ3) is 2.86. The van der Waals surface area contributed by atoms with Crippen molar-refractivity contribution in [2.24, 2.45) is 0 Å². The molecule has 0 bridgehead atoms. The maximum atomic E-state index is 6.30. The summed E-state index contributed by atoms with van der Waals surface area (Å²) in [6, 6.07) is 43.1. The zero-order valence-corrected chi connectivity index (χ0v) is 18.0. The molecule has 7 aromatic rings. The van der Waals surface area contributed by atoms with Crippen molar-refractivity contribution in [2.75, 3.05) is 0 Å². The van der Waals surface area contributed by atoms with Crippen LogP contribution in [0.3, 0.4) is 0 Å². The number of furan rings is 1. The lowest BCUT2D eigenvalue weighted by Crippen LogP contribution is -1.81. The molecule has 0 atom stereocenters. The molecule has 6 aromatic carbocycles. The monoisotopic (exact) mass is 420 g/mol. The number of hydrogen-bond acceptors (Lipinski definition) is 1. The lowest BCUT2D eigenvalue weighted by Gasteiger charge is -2.07. The highest BCUT2D eigenvalue weighted by Crippen LogP contribution is 2.40. The van der Waals surface area contributed by atoms with E-state index in [1.807, 2.05) is 0 Å². The van der Waals surface area contributed by atoms with Crippen molar-refractivity contribution in [3.8, 4) is 22.3 Å². The number of fused-ring (bicyclic) bond motifs is 7. The minimum absolute atomic E-state index is 0.935. The quantitative estimate of drug-likeness (QED) is 0.272. The smallest absolute Gasteiger partial charge is 0.136 e. The van der Waals surface area contributed by atoms with Crippen LogP contribution >= 0.6 is 0 Å². The number of rotatable bonds is 2. The normalized spacial score (nSPS) is 11.6. The second kappa shape index (κ2) is 7.08. The molecule has 0 spiro atoms. The second-order valence-corrected chi connectivity index (χ2v) is 8.58. The summed E-state index contributed by atoms with van der Waals surface area (Å²) in [7, 11) is 0. The molecule has 154 valence electrons. The van der Waals surface area contributed by atoms with Crippen molar-refractivity contribution in [1.82, 2.24) is 0 Å². The van der Waals surface area contributed by atoms with Gasteiger partial charge >= 0.3 is 0 Å². The fourth-order valence-corrected chi connectivity index (χ4v) is 5.04. The molecule has 0 radical (unpaired) electrons. The molecule has 7 rings (SSSR count). The van der Waals surface area contributed by atoms with E-state index in [1.165, 1.54) is 54.6 Å². The van der Waals surface area contributed by atoms with Crippen molar-refractivity contribution in [3.63, 3.8) is 0 Å². The van der Waals surface area contributed by atoms with Crippen molar-refractivity contribution < 1.29 is 4.42 Å². The predicted molar refractivity (Wildman–Crippen MR) is 140 cm³/mol. The lowest BCUT2D eigenvalue weighted by molar-refractivity contribution is 0.669. The summed E-state index contributed by atoms with van der Waals surface area (Å²) >= 11 is 0. The van der Waals surface area contributed by atoms with Crippen LogP contribution in [-0.4, -0.2) is 0 Å². The minimum Gasteiger partial charge on any atom is -0.456 e. The summed E-state index contributed by atoms with van der Waals surface area (Å²) in [6.45, 7) is 0. The maximum absolute atomic E-state index is 6.30. The first kappa shape index (κ1) is 18.2. The standard InChI is InChI=1S/C32H20O/c1-3-7-21(8-4-1)23-11-15-27-25(19-23)13-17-29-31(27)32-28-16-12-24(22-9-5-2-6-10-22)20-26(28)14-18-30(32)33-29/h1-20H. The average molecular weight is 421 g/mol. The van der Waals surface area contributed by atoms with Gasteiger partial charge in [-0.3, -0.25) is 0 Å². The summed E-state index contributed by atoms with van der Waals surface area (Å²) in [5.74, 6) is 0. The van der Waals surface area contributed by atoms with Gasteiger partial charge in [-0.2, -0.15) is 0 Å². The first-order chi connectivity index (χ1) is 16.3. The molecule has 0 N–H and O–H groups in total. The lowest BCUT2D eigenvalue weighted by atomic mass is 9.95. The van der Waals surface area contributed by atoms with Crippen LogP contribution in [-0.2, 0) is 0 Å². The van der Waals surface area contributed by atoms with Gasteiger partial charge < -0.3 is 4.42 Å². The Labute approximate surface area is 191 Å². The van der Waals surface area contributed by atoms with Crippen molar-refractivity contribution >= 4 is 43.5 Å². The second-order valence-electron chi connectivity index (χ2n) is 8.58. The van der Waals surface area contributed by atoms with E-state index in [0.29, 0.717) is 0 Å². The van der Waals surface area contributed by atoms with Crippen LogP contribution in [0.1, 0.15) is 0 Å². The predicted octanol–water partition coefficient (Wildman–Crippen LogP) is 9.23. The van der Waals surface area contributed by atoms with Crippen LogP contribution in [0.5, 0.6) is 0 Å². The molecule has 0 amide bonds. The molecule has 0 aliphatic heterocycles. The van der Waals surface area contributed by atoms with Gasteiger partial charge in [-0.1, -0.05) is 97.1 Å². The molecular weight excluding hydrogens is 400 g/mol. The van der Waals surface area contributed by atoms with Crippen LogP contribution in [0.15, 0.2) is 126 Å². The van der Waals surface area contributed by atoms with Crippen molar-refractivity contribution in [3.05, 3.63) is 121 Å². The van der Waals surface area contributed by atoms with Gasteiger partial charge in [0.2, 0.25) is 0 Å². The molecule has 0 saturated heterocycles. The van der Waals surface area contributed by atoms with Gasteiger partial charge in [0, 0.05) is 10.8 Å². The van der Waals surface area contributed by atoms with E-state index in [-0.39, 0.29) is 0 Å². The van der Waals surface area contributed by atoms with E-state index in [0.717, 1.165) is 11.2 Å². The molecule has 1 heterocycles. The van der Waals surface area contributed by atoms with Gasteiger partial charge in [-0.25, -0.2) is 0 Å². The molecule has 33 heavy (non-hydrogen) atoms. The minimum atomic E-state index is 0.935. The molecular formula is C32H20O. The summed E-state index contributed by atoms with van der Waals surface area (Å²) in [4.78, 5) is 0. The van der Waals surface area contributed by atoms with E-state index in [9.17, 15) is 0 Å². The Kier molecular flexibility index (Phi) is 3.91. The van der Waals surface area contributed by atoms with E-state index in [1.54, 1.807) is 0 Å². The fourth-order valence-electron chi connectivity index (χ4n) is 5.04. The topological polar surface area (TPSA) is 13.1 Å². The summed E-state index contributed by atoms with van der Waals surface area (Å²) < 4.78 is 6.30. The maximum Gasteiger partial charge on any atom is 0.136 e. The van der Waals surface area contributed by atoms with Crippen molar-refractivity contribution in [1.29, 1.82) is 0 Å². The highest BCUT2D eigenvalue weighted by atomic mass is 16.3. The molecule has 0 aliphatic carbocycles. The highest BCUT2D eigenvalue weighted by molar-refractivity contribution is 6.26.